The van der Waals surface area contributed by atoms with E-state index in [4.69, 9.17) is 0 Å². The summed E-state index contributed by atoms with van der Waals surface area (Å²) in [5.74, 6) is -0.369. The normalized spacial score (nSPS) is 10.5. The van der Waals surface area contributed by atoms with Crippen molar-refractivity contribution in [3.63, 3.8) is 0 Å². The van der Waals surface area contributed by atoms with Gasteiger partial charge in [0.2, 0.25) is 5.91 Å². The van der Waals surface area contributed by atoms with E-state index in [-0.39, 0.29) is 17.6 Å². The van der Waals surface area contributed by atoms with Crippen LogP contribution < -0.4 is 10.9 Å². The van der Waals surface area contributed by atoms with Crippen LogP contribution in [0.4, 0.5) is 0 Å². The van der Waals surface area contributed by atoms with Gasteiger partial charge in [0.25, 0.3) is 5.91 Å². The second-order valence-electron chi connectivity index (χ2n) is 5.35. The van der Waals surface area contributed by atoms with E-state index < -0.39 is 0 Å². The van der Waals surface area contributed by atoms with Crippen LogP contribution in [-0.4, -0.2) is 22.6 Å². The van der Waals surface area contributed by atoms with Crippen LogP contribution in [0.5, 0.6) is 0 Å². The topological polar surface area (TPSA) is 74.0 Å². The number of amides is 2. The van der Waals surface area contributed by atoms with Crippen LogP contribution in [0.2, 0.25) is 0 Å². The Morgan fingerprint density at radius 3 is 2.58 bits per heavy atom. The second-order valence-corrected chi connectivity index (χ2v) is 6.40. The first kappa shape index (κ1) is 16.1. The van der Waals surface area contributed by atoms with Gasteiger partial charge >= 0.3 is 0 Å². The smallest absolute Gasteiger partial charge is 0.271 e. The fourth-order valence-electron chi connectivity index (χ4n) is 2.27. The summed E-state index contributed by atoms with van der Waals surface area (Å²) in [7, 11) is 0. The third-order valence-corrected chi connectivity index (χ3v) is 4.55. The molecule has 3 rings (SSSR count). The Balaban J connectivity index is 1.52. The maximum absolute atomic E-state index is 12.2. The first-order chi connectivity index (χ1) is 11.6. The van der Waals surface area contributed by atoms with Crippen molar-refractivity contribution in [2.24, 2.45) is 0 Å². The molecule has 0 atom stereocenters. The molecule has 122 valence electrons. The van der Waals surface area contributed by atoms with Crippen LogP contribution >= 0.6 is 11.8 Å². The third kappa shape index (κ3) is 3.78. The minimum Gasteiger partial charge on any atom is -0.360 e. The number of carbonyl (C=O) groups is 2. The van der Waals surface area contributed by atoms with Crippen LogP contribution in [0.25, 0.3) is 10.9 Å². The lowest BCUT2D eigenvalue weighted by Crippen LogP contribution is -2.42. The number of thioether (sulfide) groups is 1. The molecule has 0 aliphatic rings. The van der Waals surface area contributed by atoms with Crippen LogP contribution in [0, 0.1) is 6.92 Å². The zero-order valence-corrected chi connectivity index (χ0v) is 13.9. The molecule has 1 aromatic heterocycles. The molecule has 6 heteroatoms. The number of fused-ring (bicyclic) bond motifs is 1. The fraction of sp³-hybridized carbons (Fsp3) is 0.111. The largest absolute Gasteiger partial charge is 0.360 e. The molecule has 5 nitrogen and oxygen atoms in total. The standard InChI is InChI=1S/C18H17N3O2S/c1-12-6-8-13(9-7-12)24-11-17(22)20-21-18(23)15-10-19-16-5-3-2-4-14(15)16/h2-10,19H,11H2,1H3,(H,20,22)(H,21,23). The zero-order chi connectivity index (χ0) is 16.9. The summed E-state index contributed by atoms with van der Waals surface area (Å²) in [4.78, 5) is 28.1. The minimum atomic E-state index is -0.346. The summed E-state index contributed by atoms with van der Waals surface area (Å²) in [5.41, 5.74) is 7.45. The number of aryl methyl sites for hydroxylation is 1. The van der Waals surface area contributed by atoms with Gasteiger partial charge in [0.05, 0.1) is 11.3 Å². The van der Waals surface area contributed by atoms with E-state index in [9.17, 15) is 9.59 Å². The molecular weight excluding hydrogens is 322 g/mol. The van der Waals surface area contributed by atoms with Gasteiger partial charge in [-0.3, -0.25) is 20.4 Å². The average Bonchev–Trinajstić information content (AvgIpc) is 3.03. The lowest BCUT2D eigenvalue weighted by Gasteiger charge is -2.07. The molecular formula is C18H17N3O2S. The van der Waals surface area contributed by atoms with E-state index in [1.807, 2.05) is 55.5 Å². The number of aromatic nitrogens is 1. The van der Waals surface area contributed by atoms with Crippen LogP contribution in [0.3, 0.4) is 0 Å². The SMILES string of the molecule is Cc1ccc(SCC(=O)NNC(=O)c2c[nH]c3ccccc23)cc1. The van der Waals surface area contributed by atoms with Crippen molar-refractivity contribution in [3.05, 3.63) is 65.9 Å². The Labute approximate surface area is 143 Å². The van der Waals surface area contributed by atoms with Crippen molar-refractivity contribution >= 4 is 34.5 Å². The summed E-state index contributed by atoms with van der Waals surface area (Å²) in [6.07, 6.45) is 1.63. The number of aromatic amines is 1. The predicted molar refractivity (Wildman–Crippen MR) is 95.8 cm³/mol. The minimum absolute atomic E-state index is 0.233. The van der Waals surface area contributed by atoms with Gasteiger partial charge < -0.3 is 4.98 Å². The highest BCUT2D eigenvalue weighted by atomic mass is 32.2. The summed E-state index contributed by atoms with van der Waals surface area (Å²) in [6.45, 7) is 2.02. The van der Waals surface area contributed by atoms with E-state index in [1.54, 1.807) is 6.20 Å². The van der Waals surface area contributed by atoms with Crippen LogP contribution in [0.1, 0.15) is 15.9 Å². The first-order valence-electron chi connectivity index (χ1n) is 7.48. The van der Waals surface area contributed by atoms with Gasteiger partial charge in [-0.2, -0.15) is 0 Å². The molecule has 0 fully saturated rings. The van der Waals surface area contributed by atoms with E-state index in [1.165, 1.54) is 17.3 Å². The number of H-pyrrole nitrogens is 1. The molecule has 24 heavy (non-hydrogen) atoms. The Kier molecular flexibility index (Phi) is 4.86. The first-order valence-corrected chi connectivity index (χ1v) is 8.47. The second kappa shape index (κ2) is 7.23. The highest BCUT2D eigenvalue weighted by Crippen LogP contribution is 2.18. The molecule has 1 heterocycles. The van der Waals surface area contributed by atoms with Crippen molar-refractivity contribution in [1.82, 2.24) is 15.8 Å². The number of hydrogen-bond donors (Lipinski definition) is 3. The van der Waals surface area contributed by atoms with Crippen molar-refractivity contribution in [1.29, 1.82) is 0 Å². The van der Waals surface area contributed by atoms with Gasteiger partial charge in [-0.25, -0.2) is 0 Å². The molecule has 2 aromatic carbocycles. The molecule has 0 radical (unpaired) electrons. The quantitative estimate of drug-likeness (QED) is 0.505. The highest BCUT2D eigenvalue weighted by Gasteiger charge is 2.12. The van der Waals surface area contributed by atoms with Gasteiger partial charge in [-0.05, 0) is 25.1 Å². The summed E-state index contributed by atoms with van der Waals surface area (Å²) < 4.78 is 0. The number of hydrazine groups is 1. The van der Waals surface area contributed by atoms with Crippen molar-refractivity contribution in [2.75, 3.05) is 5.75 Å². The van der Waals surface area contributed by atoms with E-state index in [2.05, 4.69) is 15.8 Å². The molecule has 0 aliphatic carbocycles. The van der Waals surface area contributed by atoms with Gasteiger partial charge in [-0.1, -0.05) is 35.9 Å². The number of hydrogen-bond acceptors (Lipinski definition) is 3. The van der Waals surface area contributed by atoms with Crippen molar-refractivity contribution in [2.45, 2.75) is 11.8 Å². The lowest BCUT2D eigenvalue weighted by molar-refractivity contribution is -0.119. The Morgan fingerprint density at radius 1 is 1.04 bits per heavy atom. The molecule has 0 spiro atoms. The maximum Gasteiger partial charge on any atom is 0.271 e. The number of nitrogens with one attached hydrogen (secondary N) is 3. The van der Waals surface area contributed by atoms with Gasteiger partial charge in [-0.15, -0.1) is 11.8 Å². The van der Waals surface area contributed by atoms with Crippen molar-refractivity contribution < 1.29 is 9.59 Å². The summed E-state index contributed by atoms with van der Waals surface area (Å²) in [6, 6.07) is 15.4. The molecule has 0 aliphatic heterocycles. The highest BCUT2D eigenvalue weighted by molar-refractivity contribution is 8.00. The number of carbonyl (C=O) groups excluding carboxylic acids is 2. The molecule has 0 bridgehead atoms. The number of para-hydroxylation sites is 1. The van der Waals surface area contributed by atoms with Gasteiger partial charge in [0, 0.05) is 22.0 Å². The Hall–Kier alpha value is -2.73. The Morgan fingerprint density at radius 2 is 1.79 bits per heavy atom. The summed E-state index contributed by atoms with van der Waals surface area (Å²) >= 11 is 1.42. The molecule has 0 saturated carbocycles. The van der Waals surface area contributed by atoms with E-state index in [0.717, 1.165) is 15.8 Å². The van der Waals surface area contributed by atoms with Crippen LogP contribution in [-0.2, 0) is 4.79 Å². The average molecular weight is 339 g/mol. The fourth-order valence-corrected chi connectivity index (χ4v) is 2.97. The molecule has 3 aromatic rings. The van der Waals surface area contributed by atoms with Crippen LogP contribution in [0.15, 0.2) is 59.6 Å². The molecule has 0 unspecified atom stereocenters. The number of rotatable bonds is 4. The predicted octanol–water partition coefficient (Wildman–Crippen LogP) is 3.03. The molecule has 0 saturated heterocycles. The van der Waals surface area contributed by atoms with Gasteiger partial charge in [0.15, 0.2) is 0 Å². The van der Waals surface area contributed by atoms with Gasteiger partial charge in [0.1, 0.15) is 0 Å². The maximum atomic E-state index is 12.2. The van der Waals surface area contributed by atoms with E-state index in [0.29, 0.717) is 5.56 Å². The third-order valence-electron chi connectivity index (χ3n) is 3.54. The van der Waals surface area contributed by atoms with E-state index >= 15 is 0 Å². The Bertz CT molecular complexity index is 871. The zero-order valence-electron chi connectivity index (χ0n) is 13.1. The van der Waals surface area contributed by atoms with Crippen molar-refractivity contribution in [3.8, 4) is 0 Å². The molecule has 3 N–H and O–H groups in total. The monoisotopic (exact) mass is 339 g/mol. The lowest BCUT2D eigenvalue weighted by atomic mass is 10.2. The molecule has 2 amide bonds. The number of benzene rings is 2. The summed E-state index contributed by atoms with van der Waals surface area (Å²) in [5, 5.41) is 0.818.